The van der Waals surface area contributed by atoms with Gasteiger partial charge in [0, 0.05) is 18.1 Å². The second-order valence-corrected chi connectivity index (χ2v) is 7.26. The molecule has 1 saturated heterocycles. The molecule has 3 aromatic rings. The van der Waals surface area contributed by atoms with Gasteiger partial charge < -0.3 is 15.2 Å². The Kier molecular flexibility index (Phi) is 5.02. The number of aromatic nitrogens is 1. The van der Waals surface area contributed by atoms with Crippen LogP contribution >= 0.6 is 0 Å². The highest BCUT2D eigenvalue weighted by Gasteiger charge is 2.49. The average Bonchev–Trinajstić information content (AvgIpc) is 3.34. The van der Waals surface area contributed by atoms with Crippen molar-refractivity contribution in [2.24, 2.45) is 0 Å². The van der Waals surface area contributed by atoms with E-state index in [0.717, 1.165) is 4.90 Å². The minimum absolute atomic E-state index is 0.0791. The van der Waals surface area contributed by atoms with Crippen molar-refractivity contribution in [1.29, 1.82) is 0 Å². The van der Waals surface area contributed by atoms with Crippen molar-refractivity contribution in [3.63, 3.8) is 0 Å². The summed E-state index contributed by atoms with van der Waals surface area (Å²) in [5.41, 5.74) is -0.518. The predicted octanol–water partition coefficient (Wildman–Crippen LogP) is 3.16. The molecule has 1 atom stereocenters. The molecule has 1 aliphatic heterocycles. The number of amides is 4. The molecule has 0 spiro atoms. The highest BCUT2D eigenvalue weighted by molar-refractivity contribution is 6.10. The summed E-state index contributed by atoms with van der Waals surface area (Å²) < 4.78 is 29.1. The van der Waals surface area contributed by atoms with Crippen LogP contribution in [0.3, 0.4) is 0 Å². The summed E-state index contributed by atoms with van der Waals surface area (Å²) >= 11 is 0. The molecule has 0 saturated carbocycles. The van der Waals surface area contributed by atoms with Crippen LogP contribution in [0.15, 0.2) is 67.0 Å². The first-order chi connectivity index (χ1) is 14.8. The third kappa shape index (κ3) is 3.77. The van der Waals surface area contributed by atoms with Crippen LogP contribution < -0.4 is 10.6 Å². The van der Waals surface area contributed by atoms with Gasteiger partial charge in [-0.25, -0.2) is 13.6 Å². The van der Waals surface area contributed by atoms with Crippen molar-refractivity contribution in [2.75, 3.05) is 11.9 Å². The SMILES string of the molecule is CC1(c2ccc(F)cc2)NC(=O)N(CC(=O)Nc2cc(-n3cccc3)ccc2F)C1=O. The first kappa shape index (κ1) is 20.3. The summed E-state index contributed by atoms with van der Waals surface area (Å²) in [4.78, 5) is 38.5. The maximum Gasteiger partial charge on any atom is 0.325 e. The summed E-state index contributed by atoms with van der Waals surface area (Å²) in [6.45, 7) is 0.868. The van der Waals surface area contributed by atoms with Gasteiger partial charge in [0.25, 0.3) is 5.91 Å². The maximum atomic E-state index is 14.2. The molecular formula is C22H18F2N4O3. The van der Waals surface area contributed by atoms with E-state index in [9.17, 15) is 23.2 Å². The third-order valence-electron chi connectivity index (χ3n) is 5.12. The van der Waals surface area contributed by atoms with Crippen molar-refractivity contribution in [2.45, 2.75) is 12.5 Å². The minimum atomic E-state index is -1.44. The Balaban J connectivity index is 1.50. The van der Waals surface area contributed by atoms with E-state index in [-0.39, 0.29) is 5.69 Å². The van der Waals surface area contributed by atoms with Crippen LogP contribution in [0.4, 0.5) is 19.3 Å². The zero-order valence-corrected chi connectivity index (χ0v) is 16.4. The van der Waals surface area contributed by atoms with Crippen LogP contribution in [0, 0.1) is 11.6 Å². The Morgan fingerprint density at radius 1 is 1.06 bits per heavy atom. The van der Waals surface area contributed by atoms with Crippen LogP contribution in [-0.4, -0.2) is 33.9 Å². The fourth-order valence-electron chi connectivity index (χ4n) is 3.43. The van der Waals surface area contributed by atoms with Crippen molar-refractivity contribution < 1.29 is 23.2 Å². The van der Waals surface area contributed by atoms with Gasteiger partial charge in [-0.15, -0.1) is 0 Å². The van der Waals surface area contributed by atoms with E-state index in [0.29, 0.717) is 11.3 Å². The Morgan fingerprint density at radius 3 is 2.42 bits per heavy atom. The van der Waals surface area contributed by atoms with Crippen LogP contribution in [0.5, 0.6) is 0 Å². The molecule has 1 unspecified atom stereocenters. The van der Waals surface area contributed by atoms with Crippen molar-refractivity contribution in [1.82, 2.24) is 14.8 Å². The summed E-state index contributed by atoms with van der Waals surface area (Å²) in [5, 5.41) is 4.94. The number of rotatable bonds is 5. The quantitative estimate of drug-likeness (QED) is 0.618. The second kappa shape index (κ2) is 7.67. The van der Waals surface area contributed by atoms with E-state index in [1.807, 2.05) is 0 Å². The van der Waals surface area contributed by atoms with Crippen LogP contribution in [0.2, 0.25) is 0 Å². The second-order valence-electron chi connectivity index (χ2n) is 7.26. The summed E-state index contributed by atoms with van der Waals surface area (Å²) in [6, 6.07) is 12.2. The topological polar surface area (TPSA) is 83.4 Å². The molecule has 9 heteroatoms. The summed E-state index contributed by atoms with van der Waals surface area (Å²) in [7, 11) is 0. The van der Waals surface area contributed by atoms with E-state index < -0.39 is 41.6 Å². The molecular weight excluding hydrogens is 406 g/mol. The predicted molar refractivity (Wildman–Crippen MR) is 108 cm³/mol. The Hall–Kier alpha value is -4.01. The number of halogens is 2. The van der Waals surface area contributed by atoms with E-state index >= 15 is 0 Å². The van der Waals surface area contributed by atoms with Gasteiger partial charge in [-0.2, -0.15) is 0 Å². The highest BCUT2D eigenvalue weighted by atomic mass is 19.1. The number of carbonyl (C=O) groups excluding carboxylic acids is 3. The molecule has 1 aliphatic rings. The first-order valence-electron chi connectivity index (χ1n) is 9.41. The molecule has 0 aliphatic carbocycles. The zero-order chi connectivity index (χ0) is 22.2. The van der Waals surface area contributed by atoms with Crippen LogP contribution in [0.25, 0.3) is 5.69 Å². The van der Waals surface area contributed by atoms with Crippen molar-refractivity contribution >= 4 is 23.5 Å². The molecule has 1 fully saturated rings. The molecule has 1 aromatic heterocycles. The van der Waals surface area contributed by atoms with Crippen LogP contribution in [-0.2, 0) is 15.1 Å². The monoisotopic (exact) mass is 424 g/mol. The lowest BCUT2D eigenvalue weighted by atomic mass is 9.92. The van der Waals surface area contributed by atoms with Gasteiger partial charge in [-0.05, 0) is 55.0 Å². The van der Waals surface area contributed by atoms with Gasteiger partial charge in [-0.3, -0.25) is 14.5 Å². The molecule has 0 radical (unpaired) electrons. The highest BCUT2D eigenvalue weighted by Crippen LogP contribution is 2.29. The maximum absolute atomic E-state index is 14.2. The molecule has 2 N–H and O–H groups in total. The smallest absolute Gasteiger partial charge is 0.324 e. The molecule has 2 aromatic carbocycles. The number of hydrogen-bond donors (Lipinski definition) is 2. The molecule has 7 nitrogen and oxygen atoms in total. The fourth-order valence-corrected chi connectivity index (χ4v) is 3.43. The Labute approximate surface area is 176 Å². The number of nitrogens with zero attached hydrogens (tertiary/aromatic N) is 2. The number of urea groups is 1. The van der Waals surface area contributed by atoms with Gasteiger partial charge in [0.15, 0.2) is 0 Å². The lowest BCUT2D eigenvalue weighted by Gasteiger charge is -2.22. The lowest BCUT2D eigenvalue weighted by Crippen LogP contribution is -2.42. The molecule has 2 heterocycles. The zero-order valence-electron chi connectivity index (χ0n) is 16.4. The van der Waals surface area contributed by atoms with Crippen molar-refractivity contribution in [3.05, 3.63) is 84.2 Å². The largest absolute Gasteiger partial charge is 0.325 e. The molecule has 31 heavy (non-hydrogen) atoms. The van der Waals surface area contributed by atoms with Gasteiger partial charge in [0.1, 0.15) is 23.7 Å². The summed E-state index contributed by atoms with van der Waals surface area (Å²) in [6.07, 6.45) is 3.53. The van der Waals surface area contributed by atoms with E-state index in [4.69, 9.17) is 0 Å². The lowest BCUT2D eigenvalue weighted by molar-refractivity contribution is -0.133. The number of anilines is 1. The number of hydrogen-bond acceptors (Lipinski definition) is 3. The molecule has 0 bridgehead atoms. The first-order valence-corrected chi connectivity index (χ1v) is 9.41. The standard InChI is InChI=1S/C22H18F2N4O3/c1-22(14-4-6-15(23)7-5-14)20(30)28(21(31)26-22)13-19(29)25-18-12-16(8-9-17(18)24)27-10-2-3-11-27/h2-12H,13H2,1H3,(H,25,29)(H,26,31). The fraction of sp³-hybridized carbons (Fsp3) is 0.136. The number of nitrogens with one attached hydrogen (secondary N) is 2. The minimum Gasteiger partial charge on any atom is -0.324 e. The molecule has 4 rings (SSSR count). The van der Waals surface area contributed by atoms with Gasteiger partial charge in [0.05, 0.1) is 5.69 Å². The van der Waals surface area contributed by atoms with Gasteiger partial charge in [0.2, 0.25) is 5.91 Å². The van der Waals surface area contributed by atoms with Crippen molar-refractivity contribution in [3.8, 4) is 5.69 Å². The third-order valence-corrected chi connectivity index (χ3v) is 5.12. The summed E-state index contributed by atoms with van der Waals surface area (Å²) in [5.74, 6) is -2.54. The number of benzene rings is 2. The van der Waals surface area contributed by atoms with Gasteiger partial charge >= 0.3 is 6.03 Å². The van der Waals surface area contributed by atoms with E-state index in [1.165, 1.54) is 43.3 Å². The molecule has 4 amide bonds. The Bertz CT molecular complexity index is 1160. The number of imide groups is 1. The molecule has 158 valence electrons. The van der Waals surface area contributed by atoms with E-state index in [2.05, 4.69) is 10.6 Å². The van der Waals surface area contributed by atoms with Gasteiger partial charge in [-0.1, -0.05) is 12.1 Å². The van der Waals surface area contributed by atoms with E-state index in [1.54, 1.807) is 35.2 Å². The number of carbonyl (C=O) groups is 3. The average molecular weight is 424 g/mol. The van der Waals surface area contributed by atoms with Crippen LogP contribution in [0.1, 0.15) is 12.5 Å². The Morgan fingerprint density at radius 2 is 1.74 bits per heavy atom. The normalized spacial score (nSPS) is 18.2.